The van der Waals surface area contributed by atoms with Crippen molar-refractivity contribution in [3.63, 3.8) is 0 Å². The molecule has 2 N–H and O–H groups in total. The van der Waals surface area contributed by atoms with Crippen molar-refractivity contribution < 1.29 is 4.79 Å². The van der Waals surface area contributed by atoms with Crippen LogP contribution >= 0.6 is 34.4 Å². The van der Waals surface area contributed by atoms with Gasteiger partial charge in [0, 0.05) is 4.88 Å². The summed E-state index contributed by atoms with van der Waals surface area (Å²) in [4.78, 5) is 19.1. The molecule has 5 nitrogen and oxygen atoms in total. The summed E-state index contributed by atoms with van der Waals surface area (Å²) in [5, 5.41) is 14.8. The number of carbonyl (C=O) groups excluding carboxylic acids is 1. The number of thiophene rings is 2. The van der Waals surface area contributed by atoms with Gasteiger partial charge in [-0.05, 0) is 28.5 Å². The largest absolute Gasteiger partial charge is 0.344 e. The molecule has 0 fully saturated rings. The summed E-state index contributed by atoms with van der Waals surface area (Å²) in [5.74, 6) is 0.939. The fourth-order valence-electron chi connectivity index (χ4n) is 2.59. The molecule has 3 heterocycles. The van der Waals surface area contributed by atoms with Crippen LogP contribution in [0.3, 0.4) is 0 Å². The molecular weight excluding hydrogens is 396 g/mol. The standard InChI is InChI=1S/C19H16N4OS3/c24-16(12-27-19-21-18(22-23-19)15-9-5-11-26-15)20-17(14-8-4-10-25-14)13-6-2-1-3-7-13/h1-11,17H,12H2,(H,20,24)(H,21,22,23)/t17-/m0/s1. The first-order chi connectivity index (χ1) is 13.3. The molecule has 0 unspecified atom stereocenters. The fraction of sp³-hybridized carbons (Fsp3) is 0.105. The lowest BCUT2D eigenvalue weighted by Gasteiger charge is -2.17. The highest BCUT2D eigenvalue weighted by Gasteiger charge is 2.18. The minimum absolute atomic E-state index is 0.0512. The van der Waals surface area contributed by atoms with Gasteiger partial charge >= 0.3 is 0 Å². The van der Waals surface area contributed by atoms with Crippen LogP contribution in [0.15, 0.2) is 70.5 Å². The highest BCUT2D eigenvalue weighted by atomic mass is 32.2. The second-order valence-electron chi connectivity index (χ2n) is 5.66. The molecular formula is C19H16N4OS3. The summed E-state index contributed by atoms with van der Waals surface area (Å²) in [6.07, 6.45) is 0. The van der Waals surface area contributed by atoms with Crippen LogP contribution in [0.4, 0.5) is 0 Å². The van der Waals surface area contributed by atoms with E-state index in [1.54, 1.807) is 22.7 Å². The predicted octanol–water partition coefficient (Wildman–Crippen LogP) is 4.59. The quantitative estimate of drug-likeness (QED) is 0.436. The lowest BCUT2D eigenvalue weighted by Crippen LogP contribution is -2.30. The molecule has 0 spiro atoms. The Morgan fingerprint density at radius 3 is 2.63 bits per heavy atom. The molecule has 1 atom stereocenters. The van der Waals surface area contributed by atoms with E-state index in [2.05, 4.69) is 20.5 Å². The Morgan fingerprint density at radius 1 is 1.07 bits per heavy atom. The van der Waals surface area contributed by atoms with Crippen molar-refractivity contribution in [2.75, 3.05) is 5.75 Å². The second-order valence-corrected chi connectivity index (χ2v) is 8.53. The molecule has 27 heavy (non-hydrogen) atoms. The third-order valence-electron chi connectivity index (χ3n) is 3.82. The smallest absolute Gasteiger partial charge is 0.231 e. The van der Waals surface area contributed by atoms with Gasteiger partial charge < -0.3 is 5.32 Å². The van der Waals surface area contributed by atoms with Gasteiger partial charge in [-0.25, -0.2) is 4.98 Å². The average Bonchev–Trinajstić information content (AvgIpc) is 3.47. The van der Waals surface area contributed by atoms with Gasteiger partial charge in [0.25, 0.3) is 0 Å². The van der Waals surface area contributed by atoms with Crippen LogP contribution in [0.2, 0.25) is 0 Å². The van der Waals surface area contributed by atoms with Crippen LogP contribution in [0, 0.1) is 0 Å². The zero-order valence-electron chi connectivity index (χ0n) is 14.2. The Labute approximate surface area is 168 Å². The van der Waals surface area contributed by atoms with Crippen molar-refractivity contribution in [3.05, 3.63) is 75.8 Å². The van der Waals surface area contributed by atoms with E-state index in [-0.39, 0.29) is 17.7 Å². The van der Waals surface area contributed by atoms with Crippen LogP contribution in [0.5, 0.6) is 0 Å². The molecule has 0 aliphatic rings. The minimum Gasteiger partial charge on any atom is -0.344 e. The number of carbonyl (C=O) groups is 1. The van der Waals surface area contributed by atoms with Crippen molar-refractivity contribution in [1.29, 1.82) is 0 Å². The molecule has 0 aliphatic heterocycles. The number of hydrogen-bond acceptors (Lipinski definition) is 6. The molecule has 0 bridgehead atoms. The number of aromatic nitrogens is 3. The summed E-state index contributed by atoms with van der Waals surface area (Å²) < 4.78 is 0. The molecule has 8 heteroatoms. The van der Waals surface area contributed by atoms with Crippen molar-refractivity contribution >= 4 is 40.3 Å². The second kappa shape index (κ2) is 8.51. The Kier molecular flexibility index (Phi) is 5.66. The van der Waals surface area contributed by atoms with Crippen molar-refractivity contribution in [2.45, 2.75) is 11.2 Å². The third kappa shape index (κ3) is 4.47. The molecule has 0 saturated carbocycles. The van der Waals surface area contributed by atoms with Gasteiger partial charge in [0.15, 0.2) is 5.82 Å². The number of benzene rings is 1. The maximum Gasteiger partial charge on any atom is 0.231 e. The molecule has 136 valence electrons. The van der Waals surface area contributed by atoms with E-state index in [1.807, 2.05) is 65.4 Å². The maximum absolute atomic E-state index is 12.5. The van der Waals surface area contributed by atoms with E-state index >= 15 is 0 Å². The Balaban J connectivity index is 1.40. The van der Waals surface area contributed by atoms with Gasteiger partial charge in [0.1, 0.15) is 0 Å². The SMILES string of the molecule is O=C(CSc1n[nH]c(-c2cccs2)n1)N[C@@H](c1ccccc1)c1cccs1. The zero-order chi connectivity index (χ0) is 18.5. The van der Waals surface area contributed by atoms with E-state index in [0.29, 0.717) is 5.16 Å². The molecule has 0 saturated heterocycles. The lowest BCUT2D eigenvalue weighted by molar-refractivity contribution is -0.119. The number of H-pyrrole nitrogens is 1. The predicted molar refractivity (Wildman–Crippen MR) is 111 cm³/mol. The molecule has 1 amide bonds. The van der Waals surface area contributed by atoms with Gasteiger partial charge in [0.2, 0.25) is 11.1 Å². The first-order valence-electron chi connectivity index (χ1n) is 8.26. The molecule has 0 radical (unpaired) electrons. The molecule has 4 aromatic rings. The molecule has 4 rings (SSSR count). The number of nitrogens with zero attached hydrogens (tertiary/aromatic N) is 2. The van der Waals surface area contributed by atoms with E-state index < -0.39 is 0 Å². The van der Waals surface area contributed by atoms with Crippen LogP contribution < -0.4 is 5.32 Å². The summed E-state index contributed by atoms with van der Waals surface area (Å²) in [7, 11) is 0. The highest BCUT2D eigenvalue weighted by Crippen LogP contribution is 2.27. The fourth-order valence-corrected chi connectivity index (χ4v) is 4.66. The molecule has 0 aliphatic carbocycles. The van der Waals surface area contributed by atoms with Gasteiger partial charge in [-0.1, -0.05) is 54.2 Å². The van der Waals surface area contributed by atoms with Crippen LogP contribution in [-0.4, -0.2) is 26.8 Å². The minimum atomic E-state index is -0.145. The number of rotatable bonds is 7. The number of amides is 1. The Hall–Kier alpha value is -2.42. The summed E-state index contributed by atoms with van der Waals surface area (Å²) in [5.41, 5.74) is 1.07. The number of hydrogen-bond donors (Lipinski definition) is 2. The maximum atomic E-state index is 12.5. The lowest BCUT2D eigenvalue weighted by atomic mass is 10.1. The number of thioether (sulfide) groups is 1. The summed E-state index contributed by atoms with van der Waals surface area (Å²) in [6, 6.07) is 17.8. The van der Waals surface area contributed by atoms with Gasteiger partial charge in [-0.2, -0.15) is 0 Å². The van der Waals surface area contributed by atoms with Crippen LogP contribution in [-0.2, 0) is 4.79 Å². The normalized spacial score (nSPS) is 12.0. The molecule has 3 aromatic heterocycles. The van der Waals surface area contributed by atoms with E-state index in [1.165, 1.54) is 11.8 Å². The summed E-state index contributed by atoms with van der Waals surface area (Å²) in [6.45, 7) is 0. The zero-order valence-corrected chi connectivity index (χ0v) is 16.6. The Bertz CT molecular complexity index is 981. The monoisotopic (exact) mass is 412 g/mol. The van der Waals surface area contributed by atoms with Gasteiger partial charge in [-0.15, -0.1) is 27.8 Å². The van der Waals surface area contributed by atoms with Crippen molar-refractivity contribution in [2.24, 2.45) is 0 Å². The Morgan fingerprint density at radius 2 is 1.89 bits per heavy atom. The van der Waals surface area contributed by atoms with Crippen LogP contribution in [0.25, 0.3) is 10.7 Å². The average molecular weight is 413 g/mol. The third-order valence-corrected chi connectivity index (χ3v) is 6.48. The van der Waals surface area contributed by atoms with Gasteiger partial charge in [-0.3, -0.25) is 9.89 Å². The van der Waals surface area contributed by atoms with E-state index in [4.69, 9.17) is 0 Å². The number of aromatic amines is 1. The number of nitrogens with one attached hydrogen (secondary N) is 2. The molecule has 1 aromatic carbocycles. The van der Waals surface area contributed by atoms with Crippen LogP contribution in [0.1, 0.15) is 16.5 Å². The van der Waals surface area contributed by atoms with E-state index in [0.717, 1.165) is 21.1 Å². The van der Waals surface area contributed by atoms with Crippen molar-refractivity contribution in [1.82, 2.24) is 20.5 Å². The highest BCUT2D eigenvalue weighted by molar-refractivity contribution is 7.99. The summed E-state index contributed by atoms with van der Waals surface area (Å²) >= 11 is 4.55. The van der Waals surface area contributed by atoms with Crippen molar-refractivity contribution in [3.8, 4) is 10.7 Å². The first kappa shape index (κ1) is 18.0. The van der Waals surface area contributed by atoms with Gasteiger partial charge in [0.05, 0.1) is 16.7 Å². The first-order valence-corrected chi connectivity index (χ1v) is 11.0. The topological polar surface area (TPSA) is 70.7 Å². The van der Waals surface area contributed by atoms with E-state index in [9.17, 15) is 4.79 Å².